The molecule has 272 valence electrons. The number of hydrogen-bond acceptors (Lipinski definition) is 8. The molecule has 3 atom stereocenters. The van der Waals surface area contributed by atoms with Crippen molar-refractivity contribution in [3.8, 4) is 0 Å². The molecule has 1 heterocycles. The molecule has 0 saturated carbocycles. The quantitative estimate of drug-likeness (QED) is 0.136. The van der Waals surface area contributed by atoms with Gasteiger partial charge in [0, 0.05) is 19.2 Å². The molecule has 49 heavy (non-hydrogen) atoms. The number of benzene rings is 2. The van der Waals surface area contributed by atoms with E-state index in [-0.39, 0.29) is 48.0 Å². The van der Waals surface area contributed by atoms with Crippen LogP contribution in [0.2, 0.25) is 0 Å². The van der Waals surface area contributed by atoms with Gasteiger partial charge in [0.05, 0.1) is 28.8 Å². The molecular formula is C35H49ClF2N4O6S. The maximum absolute atomic E-state index is 14.1. The Morgan fingerprint density at radius 2 is 1.57 bits per heavy atom. The summed E-state index contributed by atoms with van der Waals surface area (Å²) in [6.07, 6.45) is 1.42. The lowest BCUT2D eigenvalue weighted by Gasteiger charge is -2.28. The standard InChI is InChI=1S/C35H48F2N4O6S.ClH/c1-6-10-29(11-7-2)48(45,46)21-31(40-35(44)33-22(4)41-47-23(33)5)34(43)39-30(17-26-15-27(36)18-28(37)16-26)32(42)20-38-19-25-13-9-12-24(8-3)14-25;/h9,12-16,18,29-32,38,42H,6-8,10-11,17,19-21H2,1-5H3,(H,39,43)(H,40,44);1H/t30-,31?,32?;/m0./s1. The Morgan fingerprint density at radius 3 is 2.14 bits per heavy atom. The number of amides is 2. The SMILES string of the molecule is CCCC(CCC)S(=O)(=O)CC(NC(=O)c1c(C)noc1C)C(=O)N[C@@H](Cc1cc(F)cc(F)c1)C(O)CNCc1cccc(CC)c1.Cl. The summed E-state index contributed by atoms with van der Waals surface area (Å²) in [6.45, 7) is 9.26. The van der Waals surface area contributed by atoms with Crippen LogP contribution < -0.4 is 16.0 Å². The van der Waals surface area contributed by atoms with Crippen molar-refractivity contribution in [1.82, 2.24) is 21.1 Å². The van der Waals surface area contributed by atoms with Crippen LogP contribution >= 0.6 is 12.4 Å². The Bertz CT molecular complexity index is 1590. The van der Waals surface area contributed by atoms with Crippen LogP contribution in [0.4, 0.5) is 8.78 Å². The number of carbonyl (C=O) groups is 2. The van der Waals surface area contributed by atoms with E-state index in [1.54, 1.807) is 6.92 Å². The number of rotatable bonds is 19. The number of aliphatic hydroxyl groups excluding tert-OH is 1. The van der Waals surface area contributed by atoms with Crippen molar-refractivity contribution in [3.63, 3.8) is 0 Å². The number of aryl methyl sites for hydroxylation is 3. The second-order valence-corrected chi connectivity index (χ2v) is 14.5. The number of halogens is 3. The summed E-state index contributed by atoms with van der Waals surface area (Å²) in [5.41, 5.74) is 2.64. The molecule has 0 saturated heterocycles. The number of aromatic nitrogens is 1. The van der Waals surface area contributed by atoms with Crippen LogP contribution in [-0.4, -0.2) is 66.2 Å². The molecular weight excluding hydrogens is 678 g/mol. The van der Waals surface area contributed by atoms with Gasteiger partial charge in [-0.25, -0.2) is 17.2 Å². The molecule has 2 unspecified atom stereocenters. The third-order valence-electron chi connectivity index (χ3n) is 8.26. The number of nitrogens with one attached hydrogen (secondary N) is 3. The summed E-state index contributed by atoms with van der Waals surface area (Å²) < 4.78 is 60.6. The number of hydrogen-bond donors (Lipinski definition) is 4. The third-order valence-corrected chi connectivity index (χ3v) is 10.5. The lowest BCUT2D eigenvalue weighted by Crippen LogP contribution is -2.57. The summed E-state index contributed by atoms with van der Waals surface area (Å²) in [5.74, 6) is -3.77. The van der Waals surface area contributed by atoms with Gasteiger partial charge in [-0.05, 0) is 68.4 Å². The highest BCUT2D eigenvalue weighted by atomic mass is 35.5. The molecule has 0 aliphatic rings. The topological polar surface area (TPSA) is 151 Å². The van der Waals surface area contributed by atoms with E-state index < -0.39 is 62.5 Å². The molecule has 2 aromatic carbocycles. The number of nitrogens with zero attached hydrogens (tertiary/aromatic N) is 1. The highest BCUT2D eigenvalue weighted by Gasteiger charge is 2.35. The summed E-state index contributed by atoms with van der Waals surface area (Å²) in [4.78, 5) is 27.3. The molecule has 1 aromatic heterocycles. The van der Waals surface area contributed by atoms with Gasteiger partial charge in [0.25, 0.3) is 5.91 Å². The Morgan fingerprint density at radius 1 is 0.939 bits per heavy atom. The normalized spacial score (nSPS) is 13.4. The van der Waals surface area contributed by atoms with E-state index in [0.29, 0.717) is 38.3 Å². The van der Waals surface area contributed by atoms with Crippen LogP contribution in [0.15, 0.2) is 47.0 Å². The first-order valence-electron chi connectivity index (χ1n) is 16.4. The smallest absolute Gasteiger partial charge is 0.257 e. The fraction of sp³-hybridized carbons (Fsp3) is 0.514. The van der Waals surface area contributed by atoms with Gasteiger partial charge in [-0.3, -0.25) is 9.59 Å². The minimum atomic E-state index is -3.89. The highest BCUT2D eigenvalue weighted by molar-refractivity contribution is 7.92. The summed E-state index contributed by atoms with van der Waals surface area (Å²) >= 11 is 0. The summed E-state index contributed by atoms with van der Waals surface area (Å²) in [7, 11) is -3.89. The Hall–Kier alpha value is -3.39. The maximum Gasteiger partial charge on any atom is 0.257 e. The fourth-order valence-corrected chi connectivity index (χ4v) is 7.91. The summed E-state index contributed by atoms with van der Waals surface area (Å²) in [5, 5.41) is 22.7. The van der Waals surface area contributed by atoms with E-state index in [9.17, 15) is 31.9 Å². The van der Waals surface area contributed by atoms with Crippen LogP contribution in [0, 0.1) is 25.5 Å². The predicted molar refractivity (Wildman–Crippen MR) is 187 cm³/mol. The second-order valence-electron chi connectivity index (χ2n) is 12.2. The molecule has 10 nitrogen and oxygen atoms in total. The zero-order valence-electron chi connectivity index (χ0n) is 28.7. The van der Waals surface area contributed by atoms with Gasteiger partial charge in [0.1, 0.15) is 29.0 Å². The van der Waals surface area contributed by atoms with Gasteiger partial charge in [0.15, 0.2) is 9.84 Å². The minimum Gasteiger partial charge on any atom is -0.390 e. The van der Waals surface area contributed by atoms with Gasteiger partial charge in [-0.15, -0.1) is 12.4 Å². The molecule has 0 aliphatic heterocycles. The zero-order chi connectivity index (χ0) is 35.4. The first-order valence-corrected chi connectivity index (χ1v) is 18.2. The Labute approximate surface area is 294 Å². The minimum absolute atomic E-state index is 0. The number of aliphatic hydroxyl groups is 1. The van der Waals surface area contributed by atoms with Gasteiger partial charge >= 0.3 is 0 Å². The van der Waals surface area contributed by atoms with E-state index in [1.165, 1.54) is 6.92 Å². The van der Waals surface area contributed by atoms with Gasteiger partial charge in [-0.1, -0.05) is 63.0 Å². The van der Waals surface area contributed by atoms with E-state index in [4.69, 9.17) is 4.52 Å². The predicted octanol–water partition coefficient (Wildman–Crippen LogP) is 4.91. The Balaban J connectivity index is 0.00000833. The van der Waals surface area contributed by atoms with Crippen molar-refractivity contribution in [2.45, 2.75) is 103 Å². The maximum atomic E-state index is 14.1. The average Bonchev–Trinajstić information content (AvgIpc) is 3.37. The van der Waals surface area contributed by atoms with Crippen LogP contribution in [0.1, 0.15) is 85.0 Å². The van der Waals surface area contributed by atoms with E-state index in [1.807, 2.05) is 45.0 Å². The molecule has 0 aliphatic carbocycles. The van der Waals surface area contributed by atoms with Crippen LogP contribution in [0.5, 0.6) is 0 Å². The molecule has 3 rings (SSSR count). The van der Waals surface area contributed by atoms with Gasteiger partial charge < -0.3 is 25.6 Å². The van der Waals surface area contributed by atoms with Crippen molar-refractivity contribution in [3.05, 3.63) is 87.8 Å². The van der Waals surface area contributed by atoms with Crippen molar-refractivity contribution in [2.75, 3.05) is 12.3 Å². The lowest BCUT2D eigenvalue weighted by molar-refractivity contribution is -0.124. The molecule has 0 spiro atoms. The fourth-order valence-electron chi connectivity index (χ4n) is 5.75. The molecule has 0 radical (unpaired) electrons. The van der Waals surface area contributed by atoms with Gasteiger partial charge in [0.2, 0.25) is 5.91 Å². The lowest BCUT2D eigenvalue weighted by atomic mass is 10.00. The molecule has 3 aromatic rings. The van der Waals surface area contributed by atoms with Crippen molar-refractivity contribution in [2.24, 2.45) is 0 Å². The molecule has 4 N–H and O–H groups in total. The monoisotopic (exact) mass is 726 g/mol. The molecule has 0 bridgehead atoms. The zero-order valence-corrected chi connectivity index (χ0v) is 30.4. The van der Waals surface area contributed by atoms with Crippen molar-refractivity contribution >= 4 is 34.1 Å². The van der Waals surface area contributed by atoms with Crippen molar-refractivity contribution in [1.29, 1.82) is 0 Å². The largest absolute Gasteiger partial charge is 0.390 e. The third kappa shape index (κ3) is 12.5. The van der Waals surface area contributed by atoms with E-state index in [0.717, 1.165) is 29.7 Å². The molecule has 2 amide bonds. The van der Waals surface area contributed by atoms with Crippen molar-refractivity contribution < 1.29 is 36.4 Å². The number of sulfone groups is 1. The highest BCUT2D eigenvalue weighted by Crippen LogP contribution is 2.19. The number of carbonyl (C=O) groups excluding carboxylic acids is 2. The molecule has 0 fully saturated rings. The first-order chi connectivity index (χ1) is 22.8. The first kappa shape index (κ1) is 41.8. The summed E-state index contributed by atoms with van der Waals surface area (Å²) in [6, 6.07) is 8.15. The second kappa shape index (κ2) is 19.7. The van der Waals surface area contributed by atoms with Crippen LogP contribution in [-0.2, 0) is 34.0 Å². The van der Waals surface area contributed by atoms with E-state index in [2.05, 4.69) is 21.1 Å². The Kier molecular flexibility index (Phi) is 16.8. The van der Waals surface area contributed by atoms with Crippen LogP contribution in [0.3, 0.4) is 0 Å². The average molecular weight is 727 g/mol. The van der Waals surface area contributed by atoms with E-state index >= 15 is 0 Å². The van der Waals surface area contributed by atoms with Gasteiger partial charge in [-0.2, -0.15) is 0 Å². The molecule has 14 heteroatoms. The van der Waals surface area contributed by atoms with Crippen LogP contribution in [0.25, 0.3) is 0 Å².